The van der Waals surface area contributed by atoms with Crippen molar-refractivity contribution in [1.29, 1.82) is 0 Å². The van der Waals surface area contributed by atoms with Gasteiger partial charge in [0.2, 0.25) is 0 Å². The molecule has 5 unspecified atom stereocenters. The molecule has 19 nitrogen and oxygen atoms in total. The molecule has 2 fully saturated rings. The van der Waals surface area contributed by atoms with Gasteiger partial charge >= 0.3 is 5.69 Å². The smallest absolute Gasteiger partial charge is 0.330 e. The van der Waals surface area contributed by atoms with E-state index >= 15 is 0 Å². The van der Waals surface area contributed by atoms with E-state index in [4.69, 9.17) is 14.2 Å². The van der Waals surface area contributed by atoms with Crippen LogP contribution >= 0.6 is 23.2 Å². The minimum absolute atomic E-state index is 0.0982. The first-order valence-corrected chi connectivity index (χ1v) is 17.8. The lowest BCUT2D eigenvalue weighted by atomic mass is 10.1. The molecule has 0 radical (unpaired) electrons. The van der Waals surface area contributed by atoms with Crippen LogP contribution in [0.1, 0.15) is 17.4 Å². The average Bonchev–Trinajstić information content (AvgIpc) is 3.50. The highest BCUT2D eigenvalue weighted by molar-refractivity contribution is 7.66. The van der Waals surface area contributed by atoms with Crippen LogP contribution in [0.15, 0.2) is 76.4 Å². The number of benzene rings is 2. The lowest BCUT2D eigenvalue weighted by Gasteiger charge is -2.35. The number of hydrogen-bond donors (Lipinski definition) is 1. The number of phosphoric acid groups is 2. The summed E-state index contributed by atoms with van der Waals surface area (Å²) in [5, 5.41) is 10.8. The fourth-order valence-electron chi connectivity index (χ4n) is 4.74. The highest BCUT2D eigenvalue weighted by Crippen LogP contribution is 2.63. The zero-order valence-corrected chi connectivity index (χ0v) is 25.8. The Morgan fingerprint density at radius 2 is 1.52 bits per heavy atom. The third kappa shape index (κ3) is 8.60. The fourth-order valence-corrected chi connectivity index (χ4v) is 8.74. The molecule has 8 atom stereocenters. The number of H-pyrrole nitrogens is 1. The van der Waals surface area contributed by atoms with Gasteiger partial charge in [-0.1, -0.05) is 42.5 Å². The van der Waals surface area contributed by atoms with Crippen molar-refractivity contribution >= 4 is 28.9 Å². The molecule has 1 N–H and O–H groups in total. The topological polar surface area (TPSA) is 274 Å². The predicted octanol–water partition coefficient (Wildman–Crippen LogP) is 0.435. The van der Waals surface area contributed by atoms with Crippen LogP contribution in [0.4, 0.5) is 5.69 Å². The molecule has 3 heterocycles. The van der Waals surface area contributed by atoms with E-state index in [0.717, 1.165) is 46.7 Å². The summed E-state index contributed by atoms with van der Waals surface area (Å²) in [6, 6.07) is 14.1. The van der Waals surface area contributed by atoms with Gasteiger partial charge in [0.25, 0.3) is 26.9 Å². The molecule has 22 heteroatoms. The molecule has 2 aliphatic heterocycles. The SMILES string of the molecule is O=c1ccn([C@@H]2O[C@H](COP(=O)([O-])OP(=O)([O-])OP(=O)([O-])Cc3ccc([N+](=O)[O-])cc3)[C@@H]3OC(Cc4ccccc4)OC32)c(=O)[nH]1. The molecule has 0 saturated carbocycles. The van der Waals surface area contributed by atoms with Crippen molar-refractivity contribution in [2.75, 3.05) is 6.61 Å². The van der Waals surface area contributed by atoms with Crippen molar-refractivity contribution < 1.29 is 60.7 Å². The Labute approximate surface area is 258 Å². The molecule has 5 rings (SSSR count). The van der Waals surface area contributed by atoms with E-state index in [1.807, 2.05) is 12.1 Å². The number of nitrogens with one attached hydrogen (secondary N) is 1. The van der Waals surface area contributed by atoms with E-state index in [-0.39, 0.29) is 17.7 Å². The number of non-ortho nitro benzene ring substituents is 1. The molecule has 0 bridgehead atoms. The molecular formula is C24H23N3O16P3-3. The molecule has 3 aromatic rings. The number of nitrogens with zero attached hydrogens (tertiary/aromatic N) is 2. The number of fused-ring (bicyclic) bond motifs is 1. The van der Waals surface area contributed by atoms with Crippen molar-refractivity contribution in [1.82, 2.24) is 9.55 Å². The van der Waals surface area contributed by atoms with Gasteiger partial charge in [-0.25, -0.2) is 9.11 Å². The molecule has 0 spiro atoms. The normalized spacial score (nSPS) is 26.5. The third-order valence-electron chi connectivity index (χ3n) is 6.62. The van der Waals surface area contributed by atoms with Crippen LogP contribution in [0.3, 0.4) is 0 Å². The number of ether oxygens (including phenoxy) is 3. The van der Waals surface area contributed by atoms with Gasteiger partial charge in [0.1, 0.15) is 25.9 Å². The van der Waals surface area contributed by atoms with E-state index in [1.165, 1.54) is 0 Å². The number of nitro groups is 1. The number of hydrogen-bond acceptors (Lipinski definition) is 16. The largest absolute Gasteiger partial charge is 0.778 e. The first-order chi connectivity index (χ1) is 21.6. The van der Waals surface area contributed by atoms with Crippen LogP contribution in [-0.2, 0) is 53.6 Å². The molecule has 0 amide bonds. The summed E-state index contributed by atoms with van der Waals surface area (Å²) in [5.74, 6) is 0. The monoisotopic (exact) mass is 702 g/mol. The zero-order chi connectivity index (χ0) is 33.3. The van der Waals surface area contributed by atoms with Gasteiger partial charge in [0, 0.05) is 37.0 Å². The molecule has 248 valence electrons. The second-order valence-corrected chi connectivity index (χ2v) is 14.8. The summed E-state index contributed by atoms with van der Waals surface area (Å²) in [4.78, 5) is 73.0. The van der Waals surface area contributed by atoms with E-state index in [9.17, 15) is 48.1 Å². The van der Waals surface area contributed by atoms with Crippen molar-refractivity contribution in [2.24, 2.45) is 0 Å². The Morgan fingerprint density at radius 3 is 2.17 bits per heavy atom. The molecule has 1 aromatic heterocycles. The van der Waals surface area contributed by atoms with E-state index in [1.54, 1.807) is 18.2 Å². The second-order valence-electron chi connectivity index (χ2n) is 9.95. The Kier molecular flexibility index (Phi) is 10.1. The predicted molar refractivity (Wildman–Crippen MR) is 147 cm³/mol. The van der Waals surface area contributed by atoms with Gasteiger partial charge in [-0.05, 0) is 11.1 Å². The molecule has 46 heavy (non-hydrogen) atoms. The Balaban J connectivity index is 1.25. The van der Waals surface area contributed by atoms with Crippen LogP contribution in [0.2, 0.25) is 0 Å². The standard InChI is InChI=1S/C24H26N3O16P3/c28-19-10-11-26(24(29)25-19)23-22-21(40-20(41-22)12-15-4-2-1-3-5-15)18(39-23)13-38-45(34,35)43-46(36,37)42-44(32,33)14-16-6-8-17(9-7-16)27(30)31/h1-11,18,20-23H,12-14H2,(H,32,33)(H,34,35)(H,36,37)(H,25,28,29)/p-3/t18-,20?,21+,22?,23-/m1/s1. The molecule has 0 aliphatic carbocycles. The number of aromatic nitrogens is 2. The Morgan fingerprint density at radius 1 is 0.848 bits per heavy atom. The van der Waals surface area contributed by atoms with Gasteiger partial charge in [0.05, 0.1) is 11.5 Å². The van der Waals surface area contributed by atoms with E-state index < -0.39 is 83.0 Å². The van der Waals surface area contributed by atoms with Crippen LogP contribution in [0, 0.1) is 10.1 Å². The maximum absolute atomic E-state index is 12.5. The van der Waals surface area contributed by atoms with Crippen LogP contribution in [-0.4, -0.2) is 45.7 Å². The van der Waals surface area contributed by atoms with Gasteiger partial charge in [0.15, 0.2) is 12.5 Å². The first kappa shape index (κ1) is 34.2. The summed E-state index contributed by atoms with van der Waals surface area (Å²) in [7, 11) is -17.3. The second kappa shape index (κ2) is 13.5. The summed E-state index contributed by atoms with van der Waals surface area (Å²) in [6.45, 7) is -0.935. The summed E-state index contributed by atoms with van der Waals surface area (Å²) in [5.41, 5.74) is -1.19. The molecule has 2 aromatic carbocycles. The zero-order valence-electron chi connectivity index (χ0n) is 23.1. The summed E-state index contributed by atoms with van der Waals surface area (Å²) in [6.07, 6.45) is -5.19. The van der Waals surface area contributed by atoms with Crippen LogP contribution in [0.25, 0.3) is 0 Å². The number of rotatable bonds is 13. The third-order valence-corrected chi connectivity index (χ3v) is 11.2. The molecular weight excluding hydrogens is 679 g/mol. The minimum atomic E-state index is -6.11. The van der Waals surface area contributed by atoms with Crippen molar-refractivity contribution in [3.8, 4) is 0 Å². The van der Waals surface area contributed by atoms with E-state index in [2.05, 4.69) is 18.1 Å². The van der Waals surface area contributed by atoms with Crippen LogP contribution in [0.5, 0.6) is 0 Å². The fraction of sp³-hybridized carbons (Fsp3) is 0.333. The maximum atomic E-state index is 12.5. The minimum Gasteiger partial charge on any atom is -0.778 e. The highest BCUT2D eigenvalue weighted by atomic mass is 31.3. The van der Waals surface area contributed by atoms with Crippen molar-refractivity contribution in [2.45, 2.75) is 43.4 Å². The number of nitro benzene ring substituents is 1. The molecule has 2 aliphatic rings. The lowest BCUT2D eigenvalue weighted by Crippen LogP contribution is -2.36. The first-order valence-electron chi connectivity index (χ1n) is 13.1. The summed E-state index contributed by atoms with van der Waals surface area (Å²) < 4.78 is 68.2. The van der Waals surface area contributed by atoms with Gasteiger partial charge in [-0.3, -0.25) is 37.9 Å². The van der Waals surface area contributed by atoms with Gasteiger partial charge in [-0.15, -0.1) is 0 Å². The number of aromatic amines is 1. The highest BCUT2D eigenvalue weighted by Gasteiger charge is 2.54. The van der Waals surface area contributed by atoms with Crippen molar-refractivity contribution in [3.63, 3.8) is 0 Å². The van der Waals surface area contributed by atoms with Crippen molar-refractivity contribution in [3.05, 3.63) is 109 Å². The van der Waals surface area contributed by atoms with E-state index in [0.29, 0.717) is 0 Å². The van der Waals surface area contributed by atoms with Crippen LogP contribution < -0.4 is 25.9 Å². The number of phosphoric ester groups is 1. The average molecular weight is 702 g/mol. The Bertz CT molecular complexity index is 1830. The maximum Gasteiger partial charge on any atom is 0.330 e. The molecule has 2 saturated heterocycles. The Hall–Kier alpha value is -3.15. The van der Waals surface area contributed by atoms with Gasteiger partial charge in [-0.2, -0.15) is 0 Å². The quantitative estimate of drug-likeness (QED) is 0.144. The lowest BCUT2D eigenvalue weighted by molar-refractivity contribution is -0.384. The summed E-state index contributed by atoms with van der Waals surface area (Å²) >= 11 is 0. The van der Waals surface area contributed by atoms with Gasteiger partial charge < -0.3 is 38.0 Å².